The van der Waals surface area contributed by atoms with E-state index >= 15 is 0 Å². The summed E-state index contributed by atoms with van der Waals surface area (Å²) < 4.78 is 5.56. The van der Waals surface area contributed by atoms with Gasteiger partial charge in [-0.3, -0.25) is 9.78 Å². The van der Waals surface area contributed by atoms with Crippen LogP contribution in [-0.4, -0.2) is 36.0 Å². The monoisotopic (exact) mass is 282 g/mol. The second-order valence-electron chi connectivity index (χ2n) is 4.54. The van der Waals surface area contributed by atoms with Gasteiger partial charge < -0.3 is 9.64 Å². The van der Waals surface area contributed by atoms with Gasteiger partial charge in [-0.2, -0.15) is 0 Å². The van der Waals surface area contributed by atoms with Crippen LogP contribution >= 0.6 is 0 Å². The maximum Gasteiger partial charge on any atom is 0.246 e. The van der Waals surface area contributed by atoms with Crippen molar-refractivity contribution in [2.75, 3.05) is 20.2 Å². The number of pyridine rings is 1. The Labute approximate surface area is 124 Å². The molecule has 0 bridgehead atoms. The first-order valence-corrected chi connectivity index (χ1v) is 6.77. The number of nitrogens with zero attached hydrogens (tertiary/aromatic N) is 2. The summed E-state index contributed by atoms with van der Waals surface area (Å²) >= 11 is 0. The highest BCUT2D eigenvalue weighted by Crippen LogP contribution is 2.08. The molecule has 0 unspecified atom stereocenters. The average Bonchev–Trinajstić information content (AvgIpc) is 2.54. The van der Waals surface area contributed by atoms with E-state index in [1.54, 1.807) is 36.5 Å². The number of ether oxygens (including phenoxy) is 1. The van der Waals surface area contributed by atoms with Crippen LogP contribution in [-0.2, 0) is 4.79 Å². The van der Waals surface area contributed by atoms with Crippen LogP contribution in [0.4, 0.5) is 0 Å². The topological polar surface area (TPSA) is 42.4 Å². The number of benzene rings is 1. The third kappa shape index (κ3) is 5.10. The fourth-order valence-corrected chi connectivity index (χ4v) is 1.70. The number of hydrogen-bond acceptors (Lipinski definition) is 3. The van der Waals surface area contributed by atoms with E-state index in [9.17, 15) is 4.79 Å². The fourth-order valence-electron chi connectivity index (χ4n) is 1.70. The summed E-state index contributed by atoms with van der Waals surface area (Å²) in [6.45, 7) is 0.998. The number of aromatic nitrogens is 1. The van der Waals surface area contributed by atoms with E-state index in [4.69, 9.17) is 4.74 Å². The molecule has 0 aliphatic carbocycles. The Hall–Kier alpha value is -2.62. The van der Waals surface area contributed by atoms with Gasteiger partial charge in [-0.1, -0.05) is 24.3 Å². The van der Waals surface area contributed by atoms with Crippen LogP contribution in [0.15, 0.2) is 60.9 Å². The maximum absolute atomic E-state index is 11.9. The highest BCUT2D eigenvalue weighted by atomic mass is 16.5. The standard InChI is InChI=1S/C17H18N2O2/c1-19(12-13-21-16-7-3-2-4-8-16)17(20)10-9-15-6-5-11-18-14-15/h2-11,14H,12-13H2,1H3/b10-9+. The van der Waals surface area contributed by atoms with Gasteiger partial charge >= 0.3 is 0 Å². The van der Waals surface area contributed by atoms with Crippen molar-refractivity contribution < 1.29 is 9.53 Å². The van der Waals surface area contributed by atoms with Crippen molar-refractivity contribution in [3.63, 3.8) is 0 Å². The molecule has 0 aliphatic rings. The van der Waals surface area contributed by atoms with Crippen LogP contribution in [0.2, 0.25) is 0 Å². The van der Waals surface area contributed by atoms with Crippen molar-refractivity contribution in [3.05, 3.63) is 66.5 Å². The molecular formula is C17H18N2O2. The first kappa shape index (κ1) is 14.8. The first-order valence-electron chi connectivity index (χ1n) is 6.77. The van der Waals surface area contributed by atoms with E-state index in [1.165, 1.54) is 0 Å². The SMILES string of the molecule is CN(CCOc1ccccc1)C(=O)/C=C/c1cccnc1. The van der Waals surface area contributed by atoms with Gasteiger partial charge in [0.2, 0.25) is 5.91 Å². The quantitative estimate of drug-likeness (QED) is 0.765. The average molecular weight is 282 g/mol. The molecule has 1 aromatic heterocycles. The predicted octanol–water partition coefficient (Wildman–Crippen LogP) is 2.63. The highest BCUT2D eigenvalue weighted by Gasteiger charge is 2.04. The molecule has 4 heteroatoms. The zero-order valence-electron chi connectivity index (χ0n) is 12.0. The molecule has 0 radical (unpaired) electrons. The van der Waals surface area contributed by atoms with E-state index < -0.39 is 0 Å². The Bertz CT molecular complexity index is 582. The Morgan fingerprint density at radius 3 is 2.76 bits per heavy atom. The highest BCUT2D eigenvalue weighted by molar-refractivity contribution is 5.91. The van der Waals surface area contributed by atoms with E-state index in [1.807, 2.05) is 42.5 Å². The summed E-state index contributed by atoms with van der Waals surface area (Å²) in [5, 5.41) is 0. The second-order valence-corrected chi connectivity index (χ2v) is 4.54. The zero-order valence-corrected chi connectivity index (χ0v) is 12.0. The minimum Gasteiger partial charge on any atom is -0.492 e. The molecule has 0 N–H and O–H groups in total. The minimum atomic E-state index is -0.0597. The molecule has 21 heavy (non-hydrogen) atoms. The fraction of sp³-hybridized carbons (Fsp3) is 0.176. The van der Waals surface area contributed by atoms with Crippen molar-refractivity contribution in [2.24, 2.45) is 0 Å². The Balaban J connectivity index is 1.76. The second kappa shape index (κ2) is 7.85. The lowest BCUT2D eigenvalue weighted by molar-refractivity contribution is -0.125. The van der Waals surface area contributed by atoms with Gasteiger partial charge in [0.1, 0.15) is 12.4 Å². The smallest absolute Gasteiger partial charge is 0.246 e. The molecule has 1 aromatic carbocycles. The van der Waals surface area contributed by atoms with Crippen LogP contribution < -0.4 is 4.74 Å². The number of likely N-dealkylation sites (N-methyl/N-ethyl adjacent to an activating group) is 1. The summed E-state index contributed by atoms with van der Waals surface area (Å²) in [4.78, 5) is 17.5. The van der Waals surface area contributed by atoms with Crippen molar-refractivity contribution in [1.82, 2.24) is 9.88 Å². The molecule has 4 nitrogen and oxygen atoms in total. The van der Waals surface area contributed by atoms with Crippen LogP contribution in [0, 0.1) is 0 Å². The van der Waals surface area contributed by atoms with Crippen molar-refractivity contribution in [2.45, 2.75) is 0 Å². The van der Waals surface area contributed by atoms with E-state index in [0.717, 1.165) is 11.3 Å². The largest absolute Gasteiger partial charge is 0.492 e. The molecule has 0 saturated carbocycles. The lowest BCUT2D eigenvalue weighted by Gasteiger charge is -2.15. The van der Waals surface area contributed by atoms with Gasteiger partial charge in [-0.25, -0.2) is 0 Å². The normalized spacial score (nSPS) is 10.5. The molecule has 0 fully saturated rings. The minimum absolute atomic E-state index is 0.0597. The summed E-state index contributed by atoms with van der Waals surface area (Å²) in [7, 11) is 1.75. The number of rotatable bonds is 6. The number of hydrogen-bond donors (Lipinski definition) is 0. The Morgan fingerprint density at radius 1 is 1.24 bits per heavy atom. The van der Waals surface area contributed by atoms with E-state index in [2.05, 4.69) is 4.98 Å². The van der Waals surface area contributed by atoms with Gasteiger partial charge in [-0.05, 0) is 29.8 Å². The van der Waals surface area contributed by atoms with Crippen LogP contribution in [0.1, 0.15) is 5.56 Å². The third-order valence-electron chi connectivity index (χ3n) is 2.92. The Morgan fingerprint density at radius 2 is 2.05 bits per heavy atom. The summed E-state index contributed by atoms with van der Waals surface area (Å²) in [6, 6.07) is 13.3. The molecule has 108 valence electrons. The predicted molar refractivity (Wildman–Crippen MR) is 82.8 cm³/mol. The van der Waals surface area contributed by atoms with Gasteiger partial charge in [0, 0.05) is 25.5 Å². The zero-order chi connectivity index (χ0) is 14.9. The number of para-hydroxylation sites is 1. The van der Waals surface area contributed by atoms with Crippen molar-refractivity contribution in [1.29, 1.82) is 0 Å². The lowest BCUT2D eigenvalue weighted by atomic mass is 10.2. The first-order chi connectivity index (χ1) is 10.3. The van der Waals surface area contributed by atoms with Crippen LogP contribution in [0.5, 0.6) is 5.75 Å². The van der Waals surface area contributed by atoms with Crippen molar-refractivity contribution >= 4 is 12.0 Å². The lowest BCUT2D eigenvalue weighted by Crippen LogP contribution is -2.29. The summed E-state index contributed by atoms with van der Waals surface area (Å²) in [6.07, 6.45) is 6.71. The molecule has 0 atom stereocenters. The molecule has 1 heterocycles. The molecule has 2 rings (SSSR count). The number of carbonyl (C=O) groups excluding carboxylic acids is 1. The molecular weight excluding hydrogens is 264 g/mol. The van der Waals surface area contributed by atoms with Gasteiger partial charge in [0.25, 0.3) is 0 Å². The molecule has 0 aliphatic heterocycles. The molecule has 2 aromatic rings. The summed E-state index contributed by atoms with van der Waals surface area (Å²) in [5.41, 5.74) is 0.903. The molecule has 1 amide bonds. The van der Waals surface area contributed by atoms with Gasteiger partial charge in [-0.15, -0.1) is 0 Å². The summed E-state index contributed by atoms with van der Waals surface area (Å²) in [5.74, 6) is 0.750. The third-order valence-corrected chi connectivity index (χ3v) is 2.92. The van der Waals surface area contributed by atoms with E-state index in [-0.39, 0.29) is 5.91 Å². The van der Waals surface area contributed by atoms with E-state index in [0.29, 0.717) is 13.2 Å². The number of amides is 1. The van der Waals surface area contributed by atoms with Crippen LogP contribution in [0.3, 0.4) is 0 Å². The maximum atomic E-state index is 11.9. The molecule has 0 saturated heterocycles. The Kier molecular flexibility index (Phi) is 5.52. The van der Waals surface area contributed by atoms with Gasteiger partial charge in [0.05, 0.1) is 6.54 Å². The number of carbonyl (C=O) groups is 1. The van der Waals surface area contributed by atoms with Gasteiger partial charge in [0.15, 0.2) is 0 Å². The van der Waals surface area contributed by atoms with Crippen LogP contribution in [0.25, 0.3) is 6.08 Å². The molecule has 0 spiro atoms. The van der Waals surface area contributed by atoms with Crippen molar-refractivity contribution in [3.8, 4) is 5.75 Å².